The minimum Gasteiger partial charge on any atom is -0.325 e. The van der Waals surface area contributed by atoms with Crippen LogP contribution in [0.4, 0.5) is 0 Å². The van der Waals surface area contributed by atoms with Crippen LogP contribution in [-0.4, -0.2) is 34.9 Å². The zero-order valence-corrected chi connectivity index (χ0v) is 30.0. The first-order valence-corrected chi connectivity index (χ1v) is 19.9. The molecule has 1 aliphatic rings. The molecule has 0 aliphatic carbocycles. The van der Waals surface area contributed by atoms with Crippen LogP contribution in [0.15, 0.2) is 25.7 Å². The van der Waals surface area contributed by atoms with Gasteiger partial charge >= 0.3 is 0 Å². The van der Waals surface area contributed by atoms with Crippen LogP contribution >= 0.6 is 45.2 Å². The maximum atomic E-state index is 7.18. The molecule has 0 aromatic carbocycles. The highest BCUT2D eigenvalue weighted by Gasteiger charge is 2.42. The van der Waals surface area contributed by atoms with E-state index >= 15 is 0 Å². The van der Waals surface area contributed by atoms with E-state index < -0.39 is 33.4 Å². The molecule has 1 rings (SSSR count). The van der Waals surface area contributed by atoms with Crippen LogP contribution in [0.2, 0.25) is 0 Å². The quantitative estimate of drug-likeness (QED) is 0.0414. The molecule has 7 unspecified atom stereocenters. The number of nitrogens with two attached hydrogens (primary N) is 3. The van der Waals surface area contributed by atoms with Gasteiger partial charge in [-0.05, 0) is 80.6 Å². The highest BCUT2D eigenvalue weighted by atomic mass is 127. The Hall–Kier alpha value is 0.880. The Labute approximate surface area is 241 Å². The van der Waals surface area contributed by atoms with E-state index in [0.717, 1.165) is 31.3 Å². The number of halogens is 1. The van der Waals surface area contributed by atoms with E-state index in [1.165, 1.54) is 0 Å². The molecule has 0 saturated heterocycles. The molecule has 1 aliphatic heterocycles. The summed E-state index contributed by atoms with van der Waals surface area (Å²) >= 11 is 2.16. The van der Waals surface area contributed by atoms with Crippen molar-refractivity contribution in [3.63, 3.8) is 0 Å². The van der Waals surface area contributed by atoms with E-state index in [1.807, 2.05) is 13.8 Å². The van der Waals surface area contributed by atoms with Crippen molar-refractivity contribution in [1.82, 2.24) is 18.6 Å². The van der Waals surface area contributed by atoms with Crippen LogP contribution in [0.5, 0.6) is 0 Å². The van der Waals surface area contributed by atoms with Gasteiger partial charge in [-0.1, -0.05) is 32.9 Å². The van der Waals surface area contributed by atoms with Crippen molar-refractivity contribution in [2.75, 3.05) is 6.66 Å². The number of hydrogen-bond acceptors (Lipinski definition) is 10. The van der Waals surface area contributed by atoms with E-state index in [9.17, 15) is 0 Å². The van der Waals surface area contributed by atoms with Crippen molar-refractivity contribution in [3.8, 4) is 0 Å². The normalized spacial score (nSPS) is 32.1. The van der Waals surface area contributed by atoms with Gasteiger partial charge in [-0.25, -0.2) is 13.5 Å². The Bertz CT molecular complexity index is 991. The molecule has 0 amide bonds. The van der Waals surface area contributed by atoms with Gasteiger partial charge in [0, 0.05) is 57.7 Å². The summed E-state index contributed by atoms with van der Waals surface area (Å²) in [5.74, 6) is 0. The van der Waals surface area contributed by atoms with Crippen molar-refractivity contribution in [2.45, 2.75) is 130 Å². The van der Waals surface area contributed by atoms with Gasteiger partial charge in [-0.15, -0.1) is 0 Å². The SMILES string of the molecule is C=C(C)C(C)(N)CC(C)(C)NP1(NC(C)CC)=NP(C)(NI)=NP(N)(NC(C)(CC)CC(C)(N)CC)=N1. The molecule has 0 aromatic rings. The van der Waals surface area contributed by atoms with E-state index in [-0.39, 0.29) is 17.1 Å². The number of nitrogens with zero attached hydrogens (tertiary/aromatic N) is 3. The zero-order valence-electron chi connectivity index (χ0n) is 25.1. The highest BCUT2D eigenvalue weighted by molar-refractivity contribution is 14.1. The summed E-state index contributed by atoms with van der Waals surface area (Å²) in [4.78, 5) is 0. The topological polar surface area (TPSA) is 163 Å². The Balaban J connectivity index is 3.80. The average molecular weight is 693 g/mol. The predicted molar refractivity (Wildman–Crippen MR) is 177 cm³/mol. The Kier molecular flexibility index (Phi) is 12.4. The number of nitrogens with one attached hydrogen (secondary N) is 4. The zero-order chi connectivity index (χ0) is 29.1. The van der Waals surface area contributed by atoms with E-state index in [0.29, 0.717) is 6.42 Å². The largest absolute Gasteiger partial charge is 0.325 e. The van der Waals surface area contributed by atoms with Crippen molar-refractivity contribution < 1.29 is 0 Å². The van der Waals surface area contributed by atoms with Crippen molar-refractivity contribution in [3.05, 3.63) is 12.2 Å². The lowest BCUT2D eigenvalue weighted by Gasteiger charge is -2.44. The van der Waals surface area contributed by atoms with Crippen LogP contribution in [0.3, 0.4) is 0 Å². The summed E-state index contributed by atoms with van der Waals surface area (Å²) < 4.78 is 19.2. The smallest absolute Gasteiger partial charge is 0.215 e. The van der Waals surface area contributed by atoms with Crippen molar-refractivity contribution >= 4 is 45.2 Å². The first-order valence-electron chi connectivity index (χ1n) is 13.2. The second-order valence-corrected chi connectivity index (χ2v) is 21.3. The second kappa shape index (κ2) is 12.8. The van der Waals surface area contributed by atoms with Crippen LogP contribution in [-0.2, 0) is 0 Å². The molecule has 0 aromatic heterocycles. The van der Waals surface area contributed by atoms with Gasteiger partial charge in [0.05, 0.1) is 0 Å². The Morgan fingerprint density at radius 2 is 1.54 bits per heavy atom. The number of hydrogen-bond donors (Lipinski definition) is 7. The molecule has 10 nitrogen and oxygen atoms in total. The van der Waals surface area contributed by atoms with E-state index in [4.69, 9.17) is 30.5 Å². The molecule has 0 radical (unpaired) electrons. The summed E-state index contributed by atoms with van der Waals surface area (Å²) in [6, 6.07) is 0.175. The van der Waals surface area contributed by atoms with Crippen LogP contribution in [0.25, 0.3) is 0 Å². The second-order valence-electron chi connectivity index (χ2n) is 12.5. The summed E-state index contributed by atoms with van der Waals surface area (Å²) in [6.07, 6.45) is 4.06. The molecule has 0 spiro atoms. The monoisotopic (exact) mass is 692 g/mol. The molecular weight excluding hydrogens is 636 g/mol. The third-order valence-corrected chi connectivity index (χ3v) is 19.8. The van der Waals surface area contributed by atoms with Crippen LogP contribution in [0, 0.1) is 0 Å². The lowest BCUT2D eigenvalue weighted by molar-refractivity contribution is 0.278. The molecule has 14 heteroatoms. The molecular formula is C23H56IN10P3. The van der Waals surface area contributed by atoms with E-state index in [2.05, 4.69) is 110 Å². The minimum atomic E-state index is -2.87. The maximum Gasteiger partial charge on any atom is 0.215 e. The van der Waals surface area contributed by atoms with Gasteiger partial charge in [-0.3, -0.25) is 10.6 Å². The van der Waals surface area contributed by atoms with Crippen LogP contribution < -0.4 is 35.5 Å². The van der Waals surface area contributed by atoms with Gasteiger partial charge in [-0.2, -0.15) is 13.5 Å². The standard InChI is InChI=1S/C23H56IN10P3/c1-13-19(6)28-37(29-20(7,8)16-23(11,26)18(4)5)33-35(12,31-24)32-36(27,34-37)30-22(10,15-3)17-21(9,25)14-2/h19,28-31H,4,13-17,25-27H2,1-3,5-12H3. The first-order chi connectivity index (χ1) is 16.5. The van der Waals surface area contributed by atoms with Gasteiger partial charge in [0.1, 0.15) is 0 Å². The van der Waals surface area contributed by atoms with Gasteiger partial charge in [0.25, 0.3) is 0 Å². The lowest BCUT2D eigenvalue weighted by Crippen LogP contribution is -2.51. The maximum absolute atomic E-state index is 7.18. The molecule has 0 saturated carbocycles. The van der Waals surface area contributed by atoms with Crippen LogP contribution in [0.1, 0.15) is 101 Å². The van der Waals surface area contributed by atoms with Crippen molar-refractivity contribution in [2.24, 2.45) is 30.5 Å². The van der Waals surface area contributed by atoms with Gasteiger partial charge in [0.2, 0.25) is 15.0 Å². The Morgan fingerprint density at radius 1 is 0.973 bits per heavy atom. The summed E-state index contributed by atoms with van der Waals surface area (Å²) in [5, 5.41) is 11.4. The summed E-state index contributed by atoms with van der Waals surface area (Å²) in [6.45, 7) is 27.3. The molecule has 7 atom stereocenters. The molecule has 0 bridgehead atoms. The molecule has 220 valence electrons. The fourth-order valence-electron chi connectivity index (χ4n) is 4.56. The molecule has 0 fully saturated rings. The lowest BCUT2D eigenvalue weighted by atomic mass is 9.82. The fourth-order valence-corrected chi connectivity index (χ4v) is 17.6. The fraction of sp³-hybridized carbons (Fsp3) is 0.913. The van der Waals surface area contributed by atoms with Gasteiger partial charge < -0.3 is 11.5 Å². The minimum absolute atomic E-state index is 0.175. The van der Waals surface area contributed by atoms with E-state index in [1.54, 1.807) is 0 Å². The Morgan fingerprint density at radius 3 is 1.97 bits per heavy atom. The summed E-state index contributed by atoms with van der Waals surface area (Å²) in [5.41, 5.74) is 19.8. The molecule has 37 heavy (non-hydrogen) atoms. The molecule has 1 heterocycles. The average Bonchev–Trinajstić information content (AvgIpc) is 2.70. The number of rotatable bonds is 15. The highest BCUT2D eigenvalue weighted by Crippen LogP contribution is 2.71. The summed E-state index contributed by atoms with van der Waals surface area (Å²) in [7, 11) is -7.97. The third-order valence-electron chi connectivity index (χ3n) is 7.11. The van der Waals surface area contributed by atoms with Gasteiger partial charge in [0.15, 0.2) is 7.36 Å². The first kappa shape index (κ1) is 35.9. The predicted octanol–water partition coefficient (Wildman–Crippen LogP) is 7.17. The molecule has 10 N–H and O–H groups in total. The third kappa shape index (κ3) is 10.7. The van der Waals surface area contributed by atoms with Crippen molar-refractivity contribution in [1.29, 1.82) is 0 Å².